The summed E-state index contributed by atoms with van der Waals surface area (Å²) in [5.74, 6) is 0. The van der Waals surface area contributed by atoms with E-state index in [2.05, 4.69) is 22.6 Å². The maximum Gasteiger partial charge on any atom is 0.292 e. The summed E-state index contributed by atoms with van der Waals surface area (Å²) in [6.45, 7) is 0. The Labute approximate surface area is 112 Å². The summed E-state index contributed by atoms with van der Waals surface area (Å²) in [6, 6.07) is 12.6. The summed E-state index contributed by atoms with van der Waals surface area (Å²) in [7, 11) is 0. The van der Waals surface area contributed by atoms with E-state index < -0.39 is 4.92 Å². The Morgan fingerprint density at radius 2 is 1.65 bits per heavy atom. The number of nitro groups is 1. The third kappa shape index (κ3) is 2.55. The van der Waals surface area contributed by atoms with Gasteiger partial charge in [-0.05, 0) is 58.0 Å². The second-order valence-electron chi connectivity index (χ2n) is 3.54. The highest BCUT2D eigenvalue weighted by atomic mass is 127. The van der Waals surface area contributed by atoms with E-state index in [-0.39, 0.29) is 11.4 Å². The lowest BCUT2D eigenvalue weighted by Gasteiger charge is -2.03. The number of hydrogen-bond acceptors (Lipinski definition) is 3. The first-order valence-electron chi connectivity index (χ1n) is 4.88. The van der Waals surface area contributed by atoms with Gasteiger partial charge in [0.15, 0.2) is 0 Å². The summed E-state index contributed by atoms with van der Waals surface area (Å²) in [6.07, 6.45) is 0. The molecule has 0 aliphatic heterocycles. The largest absolute Gasteiger partial charge is 0.393 e. The second kappa shape index (κ2) is 4.70. The van der Waals surface area contributed by atoms with Crippen LogP contribution in [0.4, 0.5) is 11.4 Å². The molecule has 0 bridgehead atoms. The highest BCUT2D eigenvalue weighted by Crippen LogP contribution is 2.28. The first-order chi connectivity index (χ1) is 8.08. The van der Waals surface area contributed by atoms with Crippen molar-refractivity contribution in [3.63, 3.8) is 0 Å². The van der Waals surface area contributed by atoms with E-state index in [4.69, 9.17) is 5.73 Å². The van der Waals surface area contributed by atoms with Gasteiger partial charge in [0, 0.05) is 9.64 Å². The van der Waals surface area contributed by atoms with E-state index in [1.54, 1.807) is 12.1 Å². The average molecular weight is 340 g/mol. The van der Waals surface area contributed by atoms with Gasteiger partial charge < -0.3 is 5.73 Å². The van der Waals surface area contributed by atoms with Gasteiger partial charge in [-0.15, -0.1) is 0 Å². The molecular formula is C12H9IN2O2. The Bertz CT molecular complexity index is 567. The Balaban J connectivity index is 2.44. The number of nitro benzene ring substituents is 1. The van der Waals surface area contributed by atoms with Crippen LogP contribution in [-0.2, 0) is 0 Å². The molecular weight excluding hydrogens is 331 g/mol. The third-order valence-electron chi connectivity index (χ3n) is 2.40. The van der Waals surface area contributed by atoms with Gasteiger partial charge in [0.05, 0.1) is 4.92 Å². The Morgan fingerprint density at radius 1 is 1.06 bits per heavy atom. The molecule has 0 radical (unpaired) electrons. The van der Waals surface area contributed by atoms with Crippen molar-refractivity contribution in [2.24, 2.45) is 0 Å². The van der Waals surface area contributed by atoms with Gasteiger partial charge in [-0.25, -0.2) is 0 Å². The lowest BCUT2D eigenvalue weighted by Crippen LogP contribution is -1.95. The minimum Gasteiger partial charge on any atom is -0.393 e. The van der Waals surface area contributed by atoms with Crippen molar-refractivity contribution in [1.29, 1.82) is 0 Å². The van der Waals surface area contributed by atoms with Gasteiger partial charge >= 0.3 is 0 Å². The molecule has 0 unspecified atom stereocenters. The van der Waals surface area contributed by atoms with Gasteiger partial charge in [0.1, 0.15) is 5.69 Å². The topological polar surface area (TPSA) is 69.2 Å². The lowest BCUT2D eigenvalue weighted by molar-refractivity contribution is -0.383. The second-order valence-corrected chi connectivity index (χ2v) is 4.78. The van der Waals surface area contributed by atoms with Crippen LogP contribution in [0.15, 0.2) is 42.5 Å². The number of benzene rings is 2. The van der Waals surface area contributed by atoms with E-state index in [9.17, 15) is 10.1 Å². The number of hydrogen-bond donors (Lipinski definition) is 1. The fourth-order valence-corrected chi connectivity index (χ4v) is 1.90. The van der Waals surface area contributed by atoms with E-state index >= 15 is 0 Å². The third-order valence-corrected chi connectivity index (χ3v) is 3.12. The van der Waals surface area contributed by atoms with Crippen LogP contribution in [0, 0.1) is 13.7 Å². The predicted octanol–water partition coefficient (Wildman–Crippen LogP) is 3.45. The van der Waals surface area contributed by atoms with Crippen LogP contribution < -0.4 is 5.73 Å². The zero-order chi connectivity index (χ0) is 12.4. The van der Waals surface area contributed by atoms with Crippen LogP contribution in [0.5, 0.6) is 0 Å². The van der Waals surface area contributed by atoms with Crippen molar-refractivity contribution in [3.8, 4) is 11.1 Å². The summed E-state index contributed by atoms with van der Waals surface area (Å²) in [5, 5.41) is 10.6. The van der Waals surface area contributed by atoms with Crippen molar-refractivity contribution < 1.29 is 4.92 Å². The summed E-state index contributed by atoms with van der Waals surface area (Å²) >= 11 is 2.22. The molecule has 0 saturated carbocycles. The molecule has 2 aromatic carbocycles. The van der Waals surface area contributed by atoms with Crippen LogP contribution in [0.1, 0.15) is 0 Å². The minimum absolute atomic E-state index is 0.0562. The quantitative estimate of drug-likeness (QED) is 0.394. The number of nitrogen functional groups attached to an aromatic ring is 1. The highest BCUT2D eigenvalue weighted by Gasteiger charge is 2.11. The average Bonchev–Trinajstić information content (AvgIpc) is 2.29. The molecule has 0 spiro atoms. The van der Waals surface area contributed by atoms with E-state index in [0.717, 1.165) is 14.7 Å². The highest BCUT2D eigenvalue weighted by molar-refractivity contribution is 14.1. The number of halogens is 1. The lowest BCUT2D eigenvalue weighted by atomic mass is 10.0. The summed E-state index contributed by atoms with van der Waals surface area (Å²) in [5.41, 5.74) is 7.65. The maximum absolute atomic E-state index is 10.6. The monoisotopic (exact) mass is 340 g/mol. The van der Waals surface area contributed by atoms with Crippen molar-refractivity contribution in [2.45, 2.75) is 0 Å². The molecule has 0 fully saturated rings. The van der Waals surface area contributed by atoms with Gasteiger partial charge in [-0.3, -0.25) is 10.1 Å². The number of anilines is 1. The minimum atomic E-state index is -0.479. The standard InChI is InChI=1S/C12H9IN2O2/c13-10-4-1-8(2-5-10)9-3-6-12(15(16)17)11(14)7-9/h1-7H,14H2. The molecule has 0 atom stereocenters. The fraction of sp³-hybridized carbons (Fsp3) is 0. The molecule has 0 heterocycles. The van der Waals surface area contributed by atoms with Crippen LogP contribution in [-0.4, -0.2) is 4.92 Å². The molecule has 2 rings (SSSR count). The zero-order valence-electron chi connectivity index (χ0n) is 8.76. The number of nitrogens with zero attached hydrogens (tertiary/aromatic N) is 1. The van der Waals surface area contributed by atoms with E-state index in [1.165, 1.54) is 6.07 Å². The van der Waals surface area contributed by atoms with E-state index in [1.807, 2.05) is 24.3 Å². The molecule has 2 aromatic rings. The summed E-state index contributed by atoms with van der Waals surface area (Å²) < 4.78 is 1.14. The first kappa shape index (κ1) is 11.8. The van der Waals surface area contributed by atoms with Gasteiger partial charge in [0.2, 0.25) is 0 Å². The van der Waals surface area contributed by atoms with Crippen LogP contribution >= 0.6 is 22.6 Å². The van der Waals surface area contributed by atoms with Gasteiger partial charge in [-0.2, -0.15) is 0 Å². The molecule has 0 aromatic heterocycles. The van der Waals surface area contributed by atoms with Crippen LogP contribution in [0.3, 0.4) is 0 Å². The normalized spacial score (nSPS) is 10.2. The molecule has 2 N–H and O–H groups in total. The molecule has 5 heteroatoms. The van der Waals surface area contributed by atoms with Crippen molar-refractivity contribution >= 4 is 34.0 Å². The van der Waals surface area contributed by atoms with Crippen molar-refractivity contribution in [2.75, 3.05) is 5.73 Å². The molecule has 0 aliphatic carbocycles. The number of nitrogens with two attached hydrogens (primary N) is 1. The molecule has 4 nitrogen and oxygen atoms in total. The smallest absolute Gasteiger partial charge is 0.292 e. The first-order valence-corrected chi connectivity index (χ1v) is 5.95. The Kier molecular flexibility index (Phi) is 3.28. The molecule has 17 heavy (non-hydrogen) atoms. The molecule has 0 amide bonds. The Morgan fingerprint density at radius 3 is 2.18 bits per heavy atom. The molecule has 86 valence electrons. The van der Waals surface area contributed by atoms with Crippen LogP contribution in [0.25, 0.3) is 11.1 Å². The van der Waals surface area contributed by atoms with Crippen molar-refractivity contribution in [3.05, 3.63) is 56.1 Å². The van der Waals surface area contributed by atoms with Crippen molar-refractivity contribution in [1.82, 2.24) is 0 Å². The zero-order valence-corrected chi connectivity index (χ0v) is 10.9. The van der Waals surface area contributed by atoms with Crippen LogP contribution in [0.2, 0.25) is 0 Å². The fourth-order valence-electron chi connectivity index (χ4n) is 1.54. The van der Waals surface area contributed by atoms with Gasteiger partial charge in [-0.1, -0.05) is 12.1 Å². The Hall–Kier alpha value is -1.63. The summed E-state index contributed by atoms with van der Waals surface area (Å²) in [4.78, 5) is 10.2. The molecule has 0 saturated heterocycles. The van der Waals surface area contributed by atoms with Gasteiger partial charge in [0.25, 0.3) is 5.69 Å². The van der Waals surface area contributed by atoms with E-state index in [0.29, 0.717) is 0 Å². The maximum atomic E-state index is 10.6. The predicted molar refractivity (Wildman–Crippen MR) is 75.7 cm³/mol. The SMILES string of the molecule is Nc1cc(-c2ccc(I)cc2)ccc1[N+](=O)[O-]. The molecule has 0 aliphatic rings. The number of rotatable bonds is 2.